The molecule has 0 aliphatic carbocycles. The SMILES string of the molecule is CC(O)(C#Cc1ccc(F)c(-n2ccc3cnc(N)nc32)c1)c1nccs1. The summed E-state index contributed by atoms with van der Waals surface area (Å²) in [4.78, 5) is 12.2. The van der Waals surface area contributed by atoms with E-state index in [-0.39, 0.29) is 11.6 Å². The van der Waals surface area contributed by atoms with Gasteiger partial charge in [-0.3, -0.25) is 4.57 Å². The number of nitrogens with two attached hydrogens (primary N) is 1. The molecule has 0 saturated heterocycles. The van der Waals surface area contributed by atoms with E-state index in [0.29, 0.717) is 16.2 Å². The first-order valence-corrected chi connectivity index (χ1v) is 8.87. The van der Waals surface area contributed by atoms with Crippen molar-refractivity contribution in [2.24, 2.45) is 0 Å². The first kappa shape index (κ1) is 17.1. The quantitative estimate of drug-likeness (QED) is 0.523. The second-order valence-corrected chi connectivity index (χ2v) is 6.91. The number of thiazole rings is 1. The Morgan fingerprint density at radius 3 is 2.93 bits per heavy atom. The van der Waals surface area contributed by atoms with Crippen LogP contribution in [0.2, 0.25) is 0 Å². The molecule has 0 fully saturated rings. The second-order valence-electron chi connectivity index (χ2n) is 6.02. The van der Waals surface area contributed by atoms with Gasteiger partial charge in [0.15, 0.2) is 5.60 Å². The number of nitrogen functional groups attached to an aromatic ring is 1. The van der Waals surface area contributed by atoms with Gasteiger partial charge in [-0.2, -0.15) is 4.98 Å². The van der Waals surface area contributed by atoms with E-state index in [9.17, 15) is 9.50 Å². The summed E-state index contributed by atoms with van der Waals surface area (Å²) in [5.74, 6) is 5.36. The molecule has 1 aromatic carbocycles. The average Bonchev–Trinajstić information content (AvgIpc) is 3.31. The zero-order valence-corrected chi connectivity index (χ0v) is 15.0. The largest absolute Gasteiger partial charge is 0.371 e. The molecule has 0 bridgehead atoms. The number of anilines is 1. The summed E-state index contributed by atoms with van der Waals surface area (Å²) in [5, 5.41) is 13.5. The Bertz CT molecular complexity index is 1190. The van der Waals surface area contributed by atoms with Gasteiger partial charge in [0.1, 0.15) is 16.5 Å². The minimum atomic E-state index is -1.38. The Hall–Kier alpha value is -3.28. The normalized spacial score (nSPS) is 13.1. The topological polar surface area (TPSA) is 89.8 Å². The van der Waals surface area contributed by atoms with Crippen molar-refractivity contribution in [3.8, 4) is 17.5 Å². The van der Waals surface area contributed by atoms with E-state index in [1.807, 2.05) is 0 Å². The smallest absolute Gasteiger partial charge is 0.221 e. The molecule has 0 spiro atoms. The average molecular weight is 379 g/mol. The van der Waals surface area contributed by atoms with Crippen molar-refractivity contribution in [3.05, 3.63) is 64.6 Å². The van der Waals surface area contributed by atoms with Crippen LogP contribution in [-0.2, 0) is 5.60 Å². The van der Waals surface area contributed by atoms with Crippen LogP contribution in [0.5, 0.6) is 0 Å². The lowest BCUT2D eigenvalue weighted by atomic mass is 10.1. The molecule has 3 aromatic heterocycles. The van der Waals surface area contributed by atoms with Crippen LogP contribution in [0.25, 0.3) is 16.7 Å². The van der Waals surface area contributed by atoms with Crippen LogP contribution in [0.1, 0.15) is 17.5 Å². The van der Waals surface area contributed by atoms with Gasteiger partial charge in [-0.05, 0) is 31.2 Å². The molecule has 27 heavy (non-hydrogen) atoms. The number of hydrogen-bond acceptors (Lipinski definition) is 6. The minimum absolute atomic E-state index is 0.110. The minimum Gasteiger partial charge on any atom is -0.371 e. The van der Waals surface area contributed by atoms with E-state index in [4.69, 9.17) is 5.73 Å². The van der Waals surface area contributed by atoms with Crippen molar-refractivity contribution < 1.29 is 9.50 Å². The van der Waals surface area contributed by atoms with Gasteiger partial charge in [0.2, 0.25) is 5.95 Å². The van der Waals surface area contributed by atoms with Gasteiger partial charge in [-0.1, -0.05) is 11.8 Å². The molecule has 0 amide bonds. The summed E-state index contributed by atoms with van der Waals surface area (Å²) >= 11 is 1.32. The molecule has 0 aliphatic heterocycles. The molecule has 1 unspecified atom stereocenters. The molecule has 3 N–H and O–H groups in total. The maximum Gasteiger partial charge on any atom is 0.221 e. The lowest BCUT2D eigenvalue weighted by molar-refractivity contribution is 0.122. The monoisotopic (exact) mass is 379 g/mol. The van der Waals surface area contributed by atoms with Gasteiger partial charge >= 0.3 is 0 Å². The molecule has 6 nitrogen and oxygen atoms in total. The Balaban J connectivity index is 1.77. The zero-order chi connectivity index (χ0) is 19.0. The molecule has 134 valence electrons. The Labute approximate surface area is 158 Å². The van der Waals surface area contributed by atoms with Crippen LogP contribution in [0.4, 0.5) is 10.3 Å². The van der Waals surface area contributed by atoms with Crippen molar-refractivity contribution in [1.29, 1.82) is 0 Å². The number of aliphatic hydroxyl groups is 1. The number of hydrogen-bond donors (Lipinski definition) is 2. The van der Waals surface area contributed by atoms with E-state index in [2.05, 4.69) is 26.8 Å². The third-order valence-corrected chi connectivity index (χ3v) is 4.93. The van der Waals surface area contributed by atoms with Crippen molar-refractivity contribution in [2.75, 3.05) is 5.73 Å². The maximum absolute atomic E-state index is 14.5. The first-order chi connectivity index (χ1) is 12.9. The van der Waals surface area contributed by atoms with Gasteiger partial charge in [-0.15, -0.1) is 11.3 Å². The summed E-state index contributed by atoms with van der Waals surface area (Å²) in [5.41, 5.74) is 5.60. The van der Waals surface area contributed by atoms with Gasteiger partial charge in [0.25, 0.3) is 0 Å². The van der Waals surface area contributed by atoms with Crippen LogP contribution < -0.4 is 5.73 Å². The van der Waals surface area contributed by atoms with E-state index in [0.717, 1.165) is 5.39 Å². The molecule has 0 saturated carbocycles. The third-order valence-electron chi connectivity index (χ3n) is 3.95. The number of rotatable bonds is 2. The van der Waals surface area contributed by atoms with E-state index < -0.39 is 11.4 Å². The summed E-state index contributed by atoms with van der Waals surface area (Å²) in [6.07, 6.45) is 4.89. The van der Waals surface area contributed by atoms with Gasteiger partial charge in [-0.25, -0.2) is 14.4 Å². The highest BCUT2D eigenvalue weighted by Gasteiger charge is 2.22. The first-order valence-electron chi connectivity index (χ1n) is 7.99. The third kappa shape index (κ3) is 3.26. The van der Waals surface area contributed by atoms with Crippen molar-refractivity contribution in [2.45, 2.75) is 12.5 Å². The van der Waals surface area contributed by atoms with Crippen molar-refractivity contribution >= 4 is 28.3 Å². The van der Waals surface area contributed by atoms with Gasteiger partial charge in [0.05, 0.1) is 5.69 Å². The zero-order valence-electron chi connectivity index (χ0n) is 14.2. The fraction of sp³-hybridized carbons (Fsp3) is 0.105. The summed E-state index contributed by atoms with van der Waals surface area (Å²) in [6.45, 7) is 1.57. The molecule has 0 radical (unpaired) electrons. The van der Waals surface area contributed by atoms with Crippen LogP contribution in [0.15, 0.2) is 48.2 Å². The maximum atomic E-state index is 14.5. The summed E-state index contributed by atoms with van der Waals surface area (Å²) in [6, 6.07) is 6.25. The number of nitrogens with zero attached hydrogens (tertiary/aromatic N) is 4. The van der Waals surface area contributed by atoms with Crippen LogP contribution in [-0.4, -0.2) is 24.6 Å². The lowest BCUT2D eigenvalue weighted by Gasteiger charge is -2.12. The summed E-state index contributed by atoms with van der Waals surface area (Å²) < 4.78 is 16.0. The van der Waals surface area contributed by atoms with Crippen LogP contribution in [0, 0.1) is 17.7 Å². The Morgan fingerprint density at radius 2 is 2.15 bits per heavy atom. The summed E-state index contributed by atoms with van der Waals surface area (Å²) in [7, 11) is 0. The fourth-order valence-corrected chi connectivity index (χ4v) is 3.26. The Morgan fingerprint density at radius 1 is 1.30 bits per heavy atom. The predicted molar refractivity (Wildman–Crippen MR) is 102 cm³/mol. The van der Waals surface area contributed by atoms with Gasteiger partial charge in [0, 0.05) is 34.9 Å². The number of fused-ring (bicyclic) bond motifs is 1. The Kier molecular flexibility index (Phi) is 4.11. The highest BCUT2D eigenvalue weighted by Crippen LogP contribution is 2.24. The van der Waals surface area contributed by atoms with E-state index in [1.54, 1.807) is 53.7 Å². The van der Waals surface area contributed by atoms with Crippen molar-refractivity contribution in [1.82, 2.24) is 19.5 Å². The fourth-order valence-electron chi connectivity index (χ4n) is 2.61. The second kappa shape index (κ2) is 6.46. The number of benzene rings is 1. The molecular weight excluding hydrogens is 365 g/mol. The van der Waals surface area contributed by atoms with Gasteiger partial charge < -0.3 is 10.8 Å². The number of halogens is 1. The lowest BCUT2D eigenvalue weighted by Crippen LogP contribution is -2.17. The highest BCUT2D eigenvalue weighted by atomic mass is 32.1. The molecule has 3 heterocycles. The highest BCUT2D eigenvalue weighted by molar-refractivity contribution is 7.09. The molecule has 0 aliphatic rings. The van der Waals surface area contributed by atoms with Crippen LogP contribution in [0.3, 0.4) is 0 Å². The van der Waals surface area contributed by atoms with E-state index in [1.165, 1.54) is 17.4 Å². The van der Waals surface area contributed by atoms with Crippen molar-refractivity contribution in [3.63, 3.8) is 0 Å². The van der Waals surface area contributed by atoms with Crippen LogP contribution >= 0.6 is 11.3 Å². The molecular formula is C19H14FN5OS. The standard InChI is InChI=1S/C19H14FN5OS/c1-19(26,17-22-7-9-27-17)6-4-12-2-3-14(20)15(10-12)25-8-5-13-11-23-18(21)24-16(13)25/h2-3,5,7-11,26H,1H3,(H2,21,23,24). The molecule has 8 heteroatoms. The molecule has 4 aromatic rings. The molecule has 1 atom stereocenters. The predicted octanol–water partition coefficient (Wildman–Crippen LogP) is 2.86. The van der Waals surface area contributed by atoms with E-state index >= 15 is 0 Å². The molecule has 4 rings (SSSR count). The number of aromatic nitrogens is 4.